The summed E-state index contributed by atoms with van der Waals surface area (Å²) in [5, 5.41) is 83.9. The highest BCUT2D eigenvalue weighted by atomic mass is 16.7. The van der Waals surface area contributed by atoms with Gasteiger partial charge >= 0.3 is 6.09 Å². The largest absolute Gasteiger partial charge is 0.449 e. The van der Waals surface area contributed by atoms with Gasteiger partial charge in [-0.2, -0.15) is 0 Å². The highest BCUT2D eigenvalue weighted by Crippen LogP contribution is 2.33. The third kappa shape index (κ3) is 11.7. The Hall–Kier alpha value is -3.57. The van der Waals surface area contributed by atoms with E-state index in [-0.39, 0.29) is 38.8 Å². The second-order valence-corrected chi connectivity index (χ2v) is 14.1. The molecular weight excluding hydrogens is 742 g/mol. The predicted octanol–water partition coefficient (Wildman–Crippen LogP) is -2.93. The van der Waals surface area contributed by atoms with Crippen molar-refractivity contribution in [2.75, 3.05) is 59.2 Å². The van der Waals surface area contributed by atoms with E-state index in [1.165, 1.54) is 0 Å². The lowest BCUT2D eigenvalue weighted by Gasteiger charge is -2.39. The summed E-state index contributed by atoms with van der Waals surface area (Å²) in [7, 11) is 0. The Morgan fingerprint density at radius 2 is 1.23 bits per heavy atom. The van der Waals surface area contributed by atoms with Crippen LogP contribution in [0.4, 0.5) is 4.79 Å². The van der Waals surface area contributed by atoms with E-state index in [1.54, 1.807) is 0 Å². The Balaban J connectivity index is 1.33. The molecule has 19 heteroatoms. The number of amides is 3. The van der Waals surface area contributed by atoms with Crippen LogP contribution < -0.4 is 10.6 Å². The van der Waals surface area contributed by atoms with Gasteiger partial charge in [-0.25, -0.2) is 4.79 Å². The smallest absolute Gasteiger partial charge is 0.410 e. The van der Waals surface area contributed by atoms with E-state index in [2.05, 4.69) is 30.5 Å². The molecule has 0 aromatic carbocycles. The van der Waals surface area contributed by atoms with Gasteiger partial charge in [0, 0.05) is 19.5 Å². The second-order valence-electron chi connectivity index (χ2n) is 14.1. The van der Waals surface area contributed by atoms with Crippen molar-refractivity contribution in [2.24, 2.45) is 0 Å². The predicted molar refractivity (Wildman–Crippen MR) is 194 cm³/mol. The Bertz CT molecular complexity index is 1490. The zero-order valence-corrected chi connectivity index (χ0v) is 31.6. The number of nitrogens with one attached hydrogen (secondary N) is 2. The monoisotopic (exact) mass is 797 g/mol. The molecule has 0 aromatic heterocycles. The number of rotatable bonds is 18. The molecule has 3 amide bonds. The first-order valence-corrected chi connectivity index (χ1v) is 18.5. The molecule has 0 unspecified atom stereocenters. The fourth-order valence-electron chi connectivity index (χ4n) is 6.27. The maximum absolute atomic E-state index is 13.3. The maximum Gasteiger partial charge on any atom is 0.410 e. The lowest BCUT2D eigenvalue weighted by molar-refractivity contribution is -0.300. The van der Waals surface area contributed by atoms with E-state index in [0.29, 0.717) is 6.42 Å². The summed E-state index contributed by atoms with van der Waals surface area (Å²) in [5.74, 6) is -1.12. The van der Waals surface area contributed by atoms with Gasteiger partial charge in [0.05, 0.1) is 33.0 Å². The second kappa shape index (κ2) is 21.3. The van der Waals surface area contributed by atoms with Crippen molar-refractivity contribution in [2.45, 2.75) is 94.5 Å². The summed E-state index contributed by atoms with van der Waals surface area (Å²) >= 11 is 0. The van der Waals surface area contributed by atoms with E-state index in [1.807, 2.05) is 31.2 Å². The van der Waals surface area contributed by atoms with Crippen molar-refractivity contribution in [1.29, 1.82) is 0 Å². The van der Waals surface area contributed by atoms with Crippen LogP contribution in [0.3, 0.4) is 0 Å². The molecule has 0 radical (unpaired) electrons. The molecule has 10 atom stereocenters. The lowest BCUT2D eigenvalue weighted by Crippen LogP contribution is -2.59. The SMILES string of the molecule is Cc1ccc2c(CCOC(=O)N(CC(=O)NCCO[C@H]3O[C@H](CO)[C@@H](O)[C@H](O)[C@@H]3O)CC(=O)NCCO[C@H]3O[C@H](CO)[C@@H](O)[C@H](O)[C@@H]3O)ccc(C(C)C)cc1-2. The van der Waals surface area contributed by atoms with Crippen molar-refractivity contribution in [3.05, 3.63) is 47.0 Å². The van der Waals surface area contributed by atoms with Crippen molar-refractivity contribution >= 4 is 17.9 Å². The molecule has 2 aliphatic heterocycles. The molecule has 4 rings (SSSR count). The lowest BCUT2D eigenvalue weighted by atomic mass is 9.99. The summed E-state index contributed by atoms with van der Waals surface area (Å²) in [6.45, 7) is 2.84. The van der Waals surface area contributed by atoms with Gasteiger partial charge in [-0.15, -0.1) is 0 Å². The third-order valence-corrected chi connectivity index (χ3v) is 9.65. The van der Waals surface area contributed by atoms with Gasteiger partial charge in [-0.1, -0.05) is 44.2 Å². The van der Waals surface area contributed by atoms with E-state index >= 15 is 0 Å². The van der Waals surface area contributed by atoms with E-state index in [9.17, 15) is 55.2 Å². The molecule has 2 heterocycles. The standard InChI is InChI=1S/C37H55N3O16/c1-19(2)22-6-5-21(23-7-4-20(3)24(23)14-22)8-11-54-37(51)40(15-27(43)38-9-12-52-35-33(49)31(47)29(45)25(17-41)55-35)16-28(44)39-10-13-53-36-34(50)32(48)30(46)26(18-42)56-36/h4-7,14,19,25-26,29-36,41-42,45-50H,8-13,15-18H2,1-3H3,(H,38,43)(H,39,44)/t25-,26-,29-,30-,31+,32+,33+,34+,35+,36+/m1/s1. The molecule has 0 aromatic rings. The number of aliphatic hydroxyl groups is 8. The van der Waals surface area contributed by atoms with E-state index in [0.717, 1.165) is 32.7 Å². The summed E-state index contributed by atoms with van der Waals surface area (Å²) in [6, 6.07) is 10.2. The molecule has 2 aliphatic carbocycles. The zero-order chi connectivity index (χ0) is 41.1. The number of carbonyl (C=O) groups is 3. The van der Waals surface area contributed by atoms with Crippen LogP contribution in [0.5, 0.6) is 0 Å². The number of hydrogen-bond donors (Lipinski definition) is 10. The third-order valence-electron chi connectivity index (χ3n) is 9.65. The van der Waals surface area contributed by atoms with Crippen LogP contribution in [-0.2, 0) is 39.7 Å². The molecule has 0 saturated carbocycles. The first-order valence-electron chi connectivity index (χ1n) is 18.5. The van der Waals surface area contributed by atoms with Gasteiger partial charge in [-0.3, -0.25) is 14.5 Å². The normalized spacial score (nSPS) is 27.9. The Morgan fingerprint density at radius 3 is 1.71 bits per heavy atom. The van der Waals surface area contributed by atoms with Gasteiger partial charge in [0.1, 0.15) is 61.9 Å². The Morgan fingerprint density at radius 1 is 0.714 bits per heavy atom. The molecule has 2 saturated heterocycles. The Kier molecular flexibility index (Phi) is 17.1. The van der Waals surface area contributed by atoms with Crippen molar-refractivity contribution < 1.29 is 78.9 Å². The fraction of sp³-hybridized carbons (Fsp3) is 0.649. The average molecular weight is 798 g/mol. The molecule has 10 N–H and O–H groups in total. The van der Waals surface area contributed by atoms with Gasteiger partial charge in [0.25, 0.3) is 0 Å². The minimum atomic E-state index is -1.65. The summed E-state index contributed by atoms with van der Waals surface area (Å²) < 4.78 is 26.9. The number of ether oxygens (including phenoxy) is 5. The molecule has 19 nitrogen and oxygen atoms in total. The average Bonchev–Trinajstić information content (AvgIpc) is 3.42. The number of carbonyl (C=O) groups excluding carboxylic acids is 3. The van der Waals surface area contributed by atoms with Crippen LogP contribution in [0.2, 0.25) is 0 Å². The number of fused-ring (bicyclic) bond motifs is 1. The number of aliphatic hydroxyl groups excluding tert-OH is 8. The molecule has 56 heavy (non-hydrogen) atoms. The van der Waals surface area contributed by atoms with Crippen molar-refractivity contribution in [3.8, 4) is 11.1 Å². The van der Waals surface area contributed by atoms with Crippen LogP contribution >= 0.6 is 0 Å². The first kappa shape index (κ1) is 45.1. The van der Waals surface area contributed by atoms with E-state index < -0.39 is 106 Å². The zero-order valence-electron chi connectivity index (χ0n) is 31.6. The molecule has 2 fully saturated rings. The van der Waals surface area contributed by atoms with Gasteiger partial charge in [-0.05, 0) is 40.7 Å². The topological polar surface area (TPSA) is 286 Å². The van der Waals surface area contributed by atoms with Gasteiger partial charge in [0.15, 0.2) is 12.6 Å². The minimum Gasteiger partial charge on any atom is -0.449 e. The van der Waals surface area contributed by atoms with Gasteiger partial charge < -0.3 is 75.2 Å². The van der Waals surface area contributed by atoms with Gasteiger partial charge in [0.2, 0.25) is 11.8 Å². The number of aryl methyl sites for hydroxylation is 1. The fourth-order valence-corrected chi connectivity index (χ4v) is 6.27. The highest BCUT2D eigenvalue weighted by molar-refractivity contribution is 5.86. The van der Waals surface area contributed by atoms with Crippen LogP contribution in [0.25, 0.3) is 11.1 Å². The molecule has 0 spiro atoms. The summed E-state index contributed by atoms with van der Waals surface area (Å²) in [4.78, 5) is 40.1. The molecular formula is C37H55N3O16. The van der Waals surface area contributed by atoms with Crippen LogP contribution in [0.1, 0.15) is 36.5 Å². The van der Waals surface area contributed by atoms with Crippen molar-refractivity contribution in [3.63, 3.8) is 0 Å². The van der Waals surface area contributed by atoms with Crippen LogP contribution in [0, 0.1) is 6.92 Å². The highest BCUT2D eigenvalue weighted by Gasteiger charge is 2.45. The molecule has 314 valence electrons. The van der Waals surface area contributed by atoms with Crippen molar-refractivity contribution in [1.82, 2.24) is 15.5 Å². The maximum atomic E-state index is 13.3. The molecule has 4 aliphatic rings. The van der Waals surface area contributed by atoms with Crippen LogP contribution in [-0.4, -0.2) is 184 Å². The minimum absolute atomic E-state index is 0.0706. The Labute approximate surface area is 324 Å². The molecule has 0 bridgehead atoms. The number of nitrogens with zero attached hydrogens (tertiary/aromatic N) is 1. The first-order chi connectivity index (χ1) is 26.7. The van der Waals surface area contributed by atoms with E-state index in [4.69, 9.17) is 23.7 Å². The number of hydrogen-bond acceptors (Lipinski definition) is 16. The summed E-state index contributed by atoms with van der Waals surface area (Å²) in [6.07, 6.45) is -15.5. The summed E-state index contributed by atoms with van der Waals surface area (Å²) in [5.41, 5.74) is 5.29. The van der Waals surface area contributed by atoms with Crippen LogP contribution in [0.15, 0.2) is 30.3 Å². The quantitative estimate of drug-likeness (QED) is 0.0676.